The van der Waals surface area contributed by atoms with Crippen molar-refractivity contribution in [2.24, 2.45) is 0 Å². The predicted octanol–water partition coefficient (Wildman–Crippen LogP) is 2.35. The van der Waals surface area contributed by atoms with E-state index in [9.17, 15) is 5.11 Å². The fourth-order valence-corrected chi connectivity index (χ4v) is 2.16. The van der Waals surface area contributed by atoms with Crippen molar-refractivity contribution in [2.45, 2.75) is 0 Å². The molecule has 14 heavy (non-hydrogen) atoms. The van der Waals surface area contributed by atoms with Crippen molar-refractivity contribution in [3.8, 4) is 17.9 Å². The third kappa shape index (κ3) is 1.19. The second kappa shape index (κ2) is 3.02. The molecule has 0 unspecified atom stereocenters. The molecule has 2 rings (SSSR count). The van der Waals surface area contributed by atoms with Gasteiger partial charge in [0.05, 0.1) is 11.6 Å². The fourth-order valence-electron chi connectivity index (χ4n) is 1.24. The Morgan fingerprint density at radius 1 is 1.14 bits per heavy atom. The van der Waals surface area contributed by atoms with Gasteiger partial charge in [-0.1, -0.05) is 0 Å². The Morgan fingerprint density at radius 3 is 2.57 bits per heavy atom. The maximum atomic E-state index is 9.54. The molecule has 66 valence electrons. The Hall–Kier alpha value is -2.04. The summed E-state index contributed by atoms with van der Waals surface area (Å²) < 4.78 is 0.762. The summed E-state index contributed by atoms with van der Waals surface area (Å²) in [7, 11) is 0. The third-order valence-electron chi connectivity index (χ3n) is 1.85. The molecule has 0 amide bonds. The van der Waals surface area contributed by atoms with E-state index in [0.717, 1.165) is 4.70 Å². The van der Waals surface area contributed by atoms with Gasteiger partial charge in [0.2, 0.25) is 0 Å². The van der Waals surface area contributed by atoms with Gasteiger partial charge in [-0.2, -0.15) is 10.5 Å². The average molecular weight is 200 g/mol. The molecule has 2 aromatic rings. The van der Waals surface area contributed by atoms with E-state index in [2.05, 4.69) is 0 Å². The van der Waals surface area contributed by atoms with Crippen molar-refractivity contribution in [1.29, 1.82) is 10.5 Å². The highest BCUT2D eigenvalue weighted by atomic mass is 32.1. The van der Waals surface area contributed by atoms with Crippen LogP contribution in [0, 0.1) is 22.7 Å². The van der Waals surface area contributed by atoms with E-state index in [1.54, 1.807) is 12.1 Å². The van der Waals surface area contributed by atoms with Crippen molar-refractivity contribution < 1.29 is 5.11 Å². The van der Waals surface area contributed by atoms with Crippen LogP contribution in [-0.2, 0) is 0 Å². The van der Waals surface area contributed by atoms with Crippen LogP contribution in [0.25, 0.3) is 10.1 Å². The van der Waals surface area contributed by atoms with Crippen LogP contribution in [0.15, 0.2) is 18.2 Å². The van der Waals surface area contributed by atoms with Crippen molar-refractivity contribution in [3.05, 3.63) is 28.6 Å². The lowest BCUT2D eigenvalue weighted by atomic mass is 10.1. The van der Waals surface area contributed by atoms with E-state index in [-0.39, 0.29) is 5.75 Å². The first-order chi connectivity index (χ1) is 6.74. The molecule has 0 fully saturated rings. The minimum Gasteiger partial charge on any atom is -0.507 e. The molecule has 1 aromatic heterocycles. The number of thiophene rings is 1. The van der Waals surface area contributed by atoms with Gasteiger partial charge in [0, 0.05) is 10.1 Å². The smallest absolute Gasteiger partial charge is 0.125 e. The molecule has 0 aliphatic heterocycles. The third-order valence-corrected chi connectivity index (χ3v) is 2.84. The molecule has 0 aliphatic carbocycles. The highest BCUT2D eigenvalue weighted by Crippen LogP contribution is 2.32. The fraction of sp³-hybridized carbons (Fsp3) is 0. The Morgan fingerprint density at radius 2 is 1.93 bits per heavy atom. The van der Waals surface area contributed by atoms with Crippen LogP contribution in [0.5, 0.6) is 5.75 Å². The largest absolute Gasteiger partial charge is 0.507 e. The second-order valence-corrected chi connectivity index (χ2v) is 3.83. The highest BCUT2D eigenvalue weighted by Gasteiger charge is 2.07. The number of phenols is 1. The lowest BCUT2D eigenvalue weighted by Crippen LogP contribution is -1.73. The van der Waals surface area contributed by atoms with Gasteiger partial charge in [-0.15, -0.1) is 11.3 Å². The lowest BCUT2D eigenvalue weighted by Gasteiger charge is -1.94. The number of phenolic OH excluding ortho intramolecular Hbond substituents is 1. The maximum Gasteiger partial charge on any atom is 0.125 e. The van der Waals surface area contributed by atoms with Gasteiger partial charge in [0.15, 0.2) is 0 Å². The van der Waals surface area contributed by atoms with E-state index in [4.69, 9.17) is 10.5 Å². The summed E-state index contributed by atoms with van der Waals surface area (Å²) >= 11 is 1.27. The van der Waals surface area contributed by atoms with E-state index >= 15 is 0 Å². The number of rotatable bonds is 0. The molecule has 0 bridgehead atoms. The number of nitrogens with zero attached hydrogens (tertiary/aromatic N) is 2. The van der Waals surface area contributed by atoms with Crippen molar-refractivity contribution in [3.63, 3.8) is 0 Å². The number of nitriles is 2. The molecule has 0 spiro atoms. The minimum atomic E-state index is 0.0526. The molecule has 0 saturated carbocycles. The Balaban J connectivity index is 2.83. The zero-order valence-corrected chi connectivity index (χ0v) is 7.80. The first-order valence-corrected chi connectivity index (χ1v) is 4.63. The number of benzene rings is 1. The SMILES string of the molecule is N#Cc1cc(O)c2cc(C#N)sc2c1. The van der Waals surface area contributed by atoms with Crippen LogP contribution in [0.2, 0.25) is 0 Å². The van der Waals surface area contributed by atoms with Gasteiger partial charge in [-0.3, -0.25) is 0 Å². The zero-order valence-electron chi connectivity index (χ0n) is 6.98. The molecule has 0 saturated heterocycles. The van der Waals surface area contributed by atoms with Gasteiger partial charge in [0.25, 0.3) is 0 Å². The average Bonchev–Trinajstić information content (AvgIpc) is 2.61. The van der Waals surface area contributed by atoms with Crippen LogP contribution in [-0.4, -0.2) is 5.11 Å². The first kappa shape index (κ1) is 8.55. The van der Waals surface area contributed by atoms with Crippen molar-refractivity contribution in [1.82, 2.24) is 0 Å². The number of fused-ring (bicyclic) bond motifs is 1. The molecule has 3 nitrogen and oxygen atoms in total. The summed E-state index contributed by atoms with van der Waals surface area (Å²) in [6.45, 7) is 0. The highest BCUT2D eigenvalue weighted by molar-refractivity contribution is 7.19. The summed E-state index contributed by atoms with van der Waals surface area (Å²) in [5.41, 5.74) is 0.404. The van der Waals surface area contributed by atoms with Gasteiger partial charge >= 0.3 is 0 Å². The number of hydrogen-bond acceptors (Lipinski definition) is 4. The maximum absolute atomic E-state index is 9.54. The summed E-state index contributed by atoms with van der Waals surface area (Å²) in [5.74, 6) is 0.0526. The second-order valence-electron chi connectivity index (χ2n) is 2.74. The van der Waals surface area contributed by atoms with E-state index in [1.165, 1.54) is 17.4 Å². The summed E-state index contributed by atoms with van der Waals surface area (Å²) in [6.07, 6.45) is 0. The monoisotopic (exact) mass is 200 g/mol. The standard InChI is InChI=1S/C10H4N2OS/c11-4-6-1-9(13)8-3-7(5-12)14-10(8)2-6/h1-3,13H. The van der Waals surface area contributed by atoms with Crippen LogP contribution in [0.1, 0.15) is 10.4 Å². The molecule has 4 heteroatoms. The molecular weight excluding hydrogens is 196 g/mol. The number of aromatic hydroxyl groups is 1. The predicted molar refractivity (Wildman–Crippen MR) is 52.9 cm³/mol. The van der Waals surface area contributed by atoms with Crippen molar-refractivity contribution >= 4 is 21.4 Å². The quantitative estimate of drug-likeness (QED) is 0.709. The number of hydrogen-bond donors (Lipinski definition) is 1. The first-order valence-electron chi connectivity index (χ1n) is 3.81. The van der Waals surface area contributed by atoms with E-state index < -0.39 is 0 Å². The van der Waals surface area contributed by atoms with Gasteiger partial charge in [-0.25, -0.2) is 0 Å². The summed E-state index contributed by atoms with van der Waals surface area (Å²) in [4.78, 5) is 0.533. The lowest BCUT2D eigenvalue weighted by molar-refractivity contribution is 0.481. The van der Waals surface area contributed by atoms with Gasteiger partial charge in [-0.05, 0) is 18.2 Å². The summed E-state index contributed by atoms with van der Waals surface area (Å²) in [6, 6.07) is 8.64. The van der Waals surface area contributed by atoms with Crippen LogP contribution in [0.3, 0.4) is 0 Å². The molecular formula is C10H4N2OS. The molecule has 0 aliphatic rings. The molecule has 0 radical (unpaired) electrons. The van der Waals surface area contributed by atoms with Crippen LogP contribution in [0.4, 0.5) is 0 Å². The van der Waals surface area contributed by atoms with E-state index in [0.29, 0.717) is 15.8 Å². The molecule has 1 aromatic carbocycles. The van der Waals surface area contributed by atoms with Crippen molar-refractivity contribution in [2.75, 3.05) is 0 Å². The normalized spacial score (nSPS) is 9.57. The molecule has 1 N–H and O–H groups in total. The summed E-state index contributed by atoms with van der Waals surface area (Å²) in [5, 5.41) is 27.5. The molecule has 0 atom stereocenters. The Kier molecular flexibility index (Phi) is 1.85. The van der Waals surface area contributed by atoms with Gasteiger partial charge < -0.3 is 5.11 Å². The minimum absolute atomic E-state index is 0.0526. The van der Waals surface area contributed by atoms with Crippen LogP contribution < -0.4 is 0 Å². The Bertz CT molecular complexity index is 586. The van der Waals surface area contributed by atoms with Gasteiger partial charge in [0.1, 0.15) is 16.7 Å². The topological polar surface area (TPSA) is 67.8 Å². The zero-order chi connectivity index (χ0) is 10.1. The Labute approximate surface area is 84.1 Å². The van der Waals surface area contributed by atoms with Crippen LogP contribution >= 0.6 is 11.3 Å². The molecule has 1 heterocycles. The van der Waals surface area contributed by atoms with E-state index in [1.807, 2.05) is 12.1 Å².